The molecule has 1 atom stereocenters. The minimum Gasteiger partial charge on any atom is -0.484 e. The second-order valence-electron chi connectivity index (χ2n) is 5.00. The highest BCUT2D eigenvalue weighted by Crippen LogP contribution is 2.29. The normalized spacial score (nSPS) is 11.8. The fraction of sp³-hybridized carbons (Fsp3) is 0.188. The van der Waals surface area contributed by atoms with E-state index in [4.69, 9.17) is 4.74 Å². The molecule has 0 aliphatic rings. The fourth-order valence-electron chi connectivity index (χ4n) is 1.99. The van der Waals surface area contributed by atoms with Crippen LogP contribution in [-0.4, -0.2) is 22.4 Å². The van der Waals surface area contributed by atoms with Crippen molar-refractivity contribution in [1.82, 2.24) is 0 Å². The summed E-state index contributed by atoms with van der Waals surface area (Å²) in [6.45, 7) is 0.859. The van der Waals surface area contributed by atoms with Gasteiger partial charge in [-0.15, -0.1) is 0 Å². The number of rotatable bonds is 6. The molecule has 1 N–H and O–H groups in total. The lowest BCUT2D eigenvalue weighted by Gasteiger charge is -2.13. The SMILES string of the molecule is CC(=O)c1ccc(OCC(O)c2ccc(F)c(F)c2)c([N+](=O)[O-])c1. The number of nitro groups is 1. The molecule has 2 aromatic carbocycles. The van der Waals surface area contributed by atoms with Gasteiger partial charge in [-0.3, -0.25) is 14.9 Å². The first kappa shape index (κ1) is 17.5. The van der Waals surface area contributed by atoms with Crippen molar-refractivity contribution in [2.45, 2.75) is 13.0 Å². The Hall–Kier alpha value is -2.87. The summed E-state index contributed by atoms with van der Waals surface area (Å²) < 4.78 is 31.2. The average Bonchev–Trinajstić information content (AvgIpc) is 2.54. The van der Waals surface area contributed by atoms with Crippen LogP contribution in [0.2, 0.25) is 0 Å². The molecule has 1 unspecified atom stereocenters. The number of benzene rings is 2. The maximum atomic E-state index is 13.1. The molecule has 0 saturated heterocycles. The van der Waals surface area contributed by atoms with Crippen LogP contribution >= 0.6 is 0 Å². The highest BCUT2D eigenvalue weighted by Gasteiger charge is 2.19. The monoisotopic (exact) mass is 337 g/mol. The molecule has 2 aromatic rings. The van der Waals surface area contributed by atoms with Gasteiger partial charge in [-0.25, -0.2) is 8.78 Å². The third kappa shape index (κ3) is 3.90. The number of carbonyl (C=O) groups is 1. The average molecular weight is 337 g/mol. The van der Waals surface area contributed by atoms with E-state index >= 15 is 0 Å². The zero-order chi connectivity index (χ0) is 17.9. The number of hydrogen-bond acceptors (Lipinski definition) is 5. The van der Waals surface area contributed by atoms with E-state index in [1.807, 2.05) is 0 Å². The summed E-state index contributed by atoms with van der Waals surface area (Å²) in [6.07, 6.45) is -1.31. The third-order valence-electron chi connectivity index (χ3n) is 3.29. The van der Waals surface area contributed by atoms with Crippen molar-refractivity contribution in [2.75, 3.05) is 6.61 Å². The summed E-state index contributed by atoms with van der Waals surface area (Å²) in [6, 6.07) is 6.53. The van der Waals surface area contributed by atoms with Gasteiger partial charge in [-0.05, 0) is 36.8 Å². The lowest BCUT2D eigenvalue weighted by atomic mass is 10.1. The van der Waals surface area contributed by atoms with Gasteiger partial charge in [0.25, 0.3) is 0 Å². The maximum absolute atomic E-state index is 13.1. The Morgan fingerprint density at radius 3 is 2.54 bits per heavy atom. The molecule has 0 aromatic heterocycles. The van der Waals surface area contributed by atoms with Crippen molar-refractivity contribution in [3.8, 4) is 5.75 Å². The van der Waals surface area contributed by atoms with Gasteiger partial charge in [0, 0.05) is 11.6 Å². The van der Waals surface area contributed by atoms with Crippen molar-refractivity contribution in [3.63, 3.8) is 0 Å². The van der Waals surface area contributed by atoms with Gasteiger partial charge in [0.2, 0.25) is 0 Å². The number of halogens is 2. The predicted molar refractivity (Wildman–Crippen MR) is 79.9 cm³/mol. The summed E-state index contributed by atoms with van der Waals surface area (Å²) in [4.78, 5) is 21.6. The molecule has 0 heterocycles. The Morgan fingerprint density at radius 2 is 1.96 bits per heavy atom. The fourth-order valence-corrected chi connectivity index (χ4v) is 1.99. The second kappa shape index (κ2) is 7.14. The highest BCUT2D eigenvalue weighted by atomic mass is 19.2. The molecule has 2 rings (SSSR count). The van der Waals surface area contributed by atoms with E-state index in [-0.39, 0.29) is 22.7 Å². The van der Waals surface area contributed by atoms with Crippen LogP contribution in [0, 0.1) is 21.7 Å². The number of hydrogen-bond donors (Lipinski definition) is 1. The van der Waals surface area contributed by atoms with Gasteiger partial charge >= 0.3 is 5.69 Å². The third-order valence-corrected chi connectivity index (χ3v) is 3.29. The summed E-state index contributed by atoms with van der Waals surface area (Å²) in [5.74, 6) is -2.66. The lowest BCUT2D eigenvalue weighted by molar-refractivity contribution is -0.386. The van der Waals surface area contributed by atoms with E-state index in [0.717, 1.165) is 18.2 Å². The highest BCUT2D eigenvalue weighted by molar-refractivity contribution is 5.95. The molecule has 0 fully saturated rings. The Morgan fingerprint density at radius 1 is 1.25 bits per heavy atom. The molecule has 0 radical (unpaired) electrons. The van der Waals surface area contributed by atoms with Gasteiger partial charge in [-0.2, -0.15) is 0 Å². The van der Waals surface area contributed by atoms with Gasteiger partial charge in [0.1, 0.15) is 12.7 Å². The number of ketones is 1. The van der Waals surface area contributed by atoms with E-state index in [1.54, 1.807) is 0 Å². The molecule has 6 nitrogen and oxygen atoms in total. The first-order chi connectivity index (χ1) is 11.3. The quantitative estimate of drug-likeness (QED) is 0.497. The van der Waals surface area contributed by atoms with Gasteiger partial charge in [0.05, 0.1) is 4.92 Å². The number of carbonyl (C=O) groups excluding carboxylic acids is 1. The van der Waals surface area contributed by atoms with Gasteiger partial charge in [0.15, 0.2) is 23.2 Å². The van der Waals surface area contributed by atoms with Crippen LogP contribution in [0.5, 0.6) is 5.75 Å². The van der Waals surface area contributed by atoms with Crippen molar-refractivity contribution < 1.29 is 28.3 Å². The van der Waals surface area contributed by atoms with E-state index in [2.05, 4.69) is 0 Å². The van der Waals surface area contributed by atoms with E-state index in [0.29, 0.717) is 0 Å². The number of aliphatic hydroxyl groups is 1. The van der Waals surface area contributed by atoms with Crippen LogP contribution < -0.4 is 4.74 Å². The largest absolute Gasteiger partial charge is 0.484 e. The smallest absolute Gasteiger partial charge is 0.311 e. The Labute approximate surface area is 135 Å². The minimum atomic E-state index is -1.31. The van der Waals surface area contributed by atoms with Crippen LogP contribution in [0.3, 0.4) is 0 Å². The molecule has 0 amide bonds. The molecule has 0 saturated carbocycles. The molecule has 0 bridgehead atoms. The number of nitro benzene ring substituents is 1. The molecule has 24 heavy (non-hydrogen) atoms. The van der Waals surface area contributed by atoms with Crippen molar-refractivity contribution in [2.24, 2.45) is 0 Å². The van der Waals surface area contributed by atoms with E-state index in [9.17, 15) is 28.8 Å². The summed E-state index contributed by atoms with van der Waals surface area (Å²) in [5.41, 5.74) is -0.215. The zero-order valence-corrected chi connectivity index (χ0v) is 12.5. The van der Waals surface area contributed by atoms with Crippen molar-refractivity contribution in [3.05, 3.63) is 69.3 Å². The molecular formula is C16H13F2NO5. The summed E-state index contributed by atoms with van der Waals surface area (Å²) in [7, 11) is 0. The lowest BCUT2D eigenvalue weighted by Crippen LogP contribution is -2.11. The van der Waals surface area contributed by atoms with Crippen LogP contribution in [-0.2, 0) is 0 Å². The first-order valence-corrected chi connectivity index (χ1v) is 6.84. The number of aliphatic hydroxyl groups excluding tert-OH is 1. The number of Topliss-reactive ketones (excluding diaryl/α,β-unsaturated/α-hetero) is 1. The molecule has 8 heteroatoms. The van der Waals surface area contributed by atoms with Gasteiger partial charge < -0.3 is 9.84 Å². The molecule has 0 aliphatic carbocycles. The Balaban J connectivity index is 2.17. The topological polar surface area (TPSA) is 89.7 Å². The summed E-state index contributed by atoms with van der Waals surface area (Å²) in [5, 5.41) is 21.0. The minimum absolute atomic E-state index is 0.0666. The second-order valence-corrected chi connectivity index (χ2v) is 5.00. The van der Waals surface area contributed by atoms with Crippen LogP contribution in [0.15, 0.2) is 36.4 Å². The predicted octanol–water partition coefficient (Wildman–Crippen LogP) is 3.19. The first-order valence-electron chi connectivity index (χ1n) is 6.84. The van der Waals surface area contributed by atoms with Gasteiger partial charge in [-0.1, -0.05) is 6.07 Å². The summed E-state index contributed by atoms with van der Waals surface area (Å²) >= 11 is 0. The van der Waals surface area contributed by atoms with E-state index in [1.165, 1.54) is 25.1 Å². The van der Waals surface area contributed by atoms with Crippen LogP contribution in [0.1, 0.15) is 28.9 Å². The van der Waals surface area contributed by atoms with Crippen LogP contribution in [0.25, 0.3) is 0 Å². The Kier molecular flexibility index (Phi) is 5.20. The zero-order valence-electron chi connectivity index (χ0n) is 12.5. The number of nitrogens with zero attached hydrogens (tertiary/aromatic N) is 1. The van der Waals surface area contributed by atoms with Crippen molar-refractivity contribution >= 4 is 11.5 Å². The van der Waals surface area contributed by atoms with E-state index < -0.39 is 35.0 Å². The Bertz CT molecular complexity index is 794. The number of ether oxygens (including phenoxy) is 1. The standard InChI is InChI=1S/C16H13F2NO5/c1-9(20)10-3-5-16(14(7-10)19(22)23)24-8-15(21)11-2-4-12(17)13(18)6-11/h2-7,15,21H,8H2,1H3. The van der Waals surface area contributed by atoms with Crippen molar-refractivity contribution in [1.29, 1.82) is 0 Å². The molecule has 126 valence electrons. The molecular weight excluding hydrogens is 324 g/mol. The van der Waals surface area contributed by atoms with Crippen LogP contribution in [0.4, 0.5) is 14.5 Å². The molecule has 0 spiro atoms. The molecule has 0 aliphatic heterocycles. The maximum Gasteiger partial charge on any atom is 0.311 e.